The first-order valence-electron chi connectivity index (χ1n) is 7.70. The molecule has 1 atom stereocenters. The molecular formula is C16H19F3N2O3. The second-order valence-corrected chi connectivity index (χ2v) is 5.57. The van der Waals surface area contributed by atoms with Gasteiger partial charge in [-0.3, -0.25) is 9.59 Å². The first kappa shape index (κ1) is 18.3. The topological polar surface area (TPSA) is 67.4 Å². The molecule has 1 heterocycles. The van der Waals surface area contributed by atoms with Crippen LogP contribution in [0.25, 0.3) is 0 Å². The first-order chi connectivity index (χ1) is 11.3. The van der Waals surface area contributed by atoms with E-state index >= 15 is 0 Å². The molecule has 1 fully saturated rings. The van der Waals surface area contributed by atoms with Crippen LogP contribution in [-0.2, 0) is 20.5 Å². The van der Waals surface area contributed by atoms with E-state index in [0.29, 0.717) is 13.2 Å². The Balaban J connectivity index is 1.73. The Morgan fingerprint density at radius 2 is 1.96 bits per heavy atom. The van der Waals surface area contributed by atoms with Crippen molar-refractivity contribution in [2.45, 2.75) is 38.0 Å². The zero-order chi connectivity index (χ0) is 17.6. The number of carbonyl (C=O) groups is 2. The van der Waals surface area contributed by atoms with Crippen LogP contribution in [-0.4, -0.2) is 31.1 Å². The molecule has 0 aliphatic carbocycles. The van der Waals surface area contributed by atoms with Gasteiger partial charge in [-0.15, -0.1) is 0 Å². The maximum atomic E-state index is 12.6. The summed E-state index contributed by atoms with van der Waals surface area (Å²) in [5, 5.41) is 5.04. The Labute approximate surface area is 137 Å². The SMILES string of the molecule is O=C(CCC(=O)Nc1cccc(C(F)(F)F)c1)NC[C@@H]1CCCO1. The first-order valence-corrected chi connectivity index (χ1v) is 7.70. The van der Waals surface area contributed by atoms with Crippen LogP contribution >= 0.6 is 0 Å². The Morgan fingerprint density at radius 3 is 2.62 bits per heavy atom. The fourth-order valence-corrected chi connectivity index (χ4v) is 2.35. The minimum Gasteiger partial charge on any atom is -0.376 e. The van der Waals surface area contributed by atoms with Crippen molar-refractivity contribution in [3.8, 4) is 0 Å². The molecule has 2 rings (SSSR count). The molecule has 1 saturated heterocycles. The second kappa shape index (κ2) is 8.14. The predicted molar refractivity (Wildman–Crippen MR) is 81.3 cm³/mol. The zero-order valence-corrected chi connectivity index (χ0v) is 13.0. The van der Waals surface area contributed by atoms with E-state index in [0.717, 1.165) is 25.0 Å². The van der Waals surface area contributed by atoms with Crippen molar-refractivity contribution in [3.63, 3.8) is 0 Å². The van der Waals surface area contributed by atoms with Crippen LogP contribution in [0, 0.1) is 0 Å². The second-order valence-electron chi connectivity index (χ2n) is 5.57. The lowest BCUT2D eigenvalue weighted by Gasteiger charge is -2.11. The number of alkyl halides is 3. The third-order valence-electron chi connectivity index (χ3n) is 3.60. The largest absolute Gasteiger partial charge is 0.416 e. The number of carbonyl (C=O) groups excluding carboxylic acids is 2. The Bertz CT molecular complexity index is 584. The normalized spacial score (nSPS) is 17.5. The van der Waals surface area contributed by atoms with Gasteiger partial charge in [0.25, 0.3) is 0 Å². The Morgan fingerprint density at radius 1 is 1.21 bits per heavy atom. The zero-order valence-electron chi connectivity index (χ0n) is 13.0. The molecule has 8 heteroatoms. The van der Waals surface area contributed by atoms with Crippen molar-refractivity contribution in [2.75, 3.05) is 18.5 Å². The van der Waals surface area contributed by atoms with Gasteiger partial charge in [0, 0.05) is 31.7 Å². The van der Waals surface area contributed by atoms with Gasteiger partial charge in [0.15, 0.2) is 0 Å². The van der Waals surface area contributed by atoms with E-state index in [1.54, 1.807) is 0 Å². The van der Waals surface area contributed by atoms with Gasteiger partial charge in [0.1, 0.15) is 0 Å². The lowest BCUT2D eigenvalue weighted by Crippen LogP contribution is -2.32. The highest BCUT2D eigenvalue weighted by molar-refractivity contribution is 5.93. The third kappa shape index (κ3) is 5.84. The molecule has 132 valence electrons. The van der Waals surface area contributed by atoms with Crippen LogP contribution in [0.1, 0.15) is 31.2 Å². The molecule has 5 nitrogen and oxygen atoms in total. The molecule has 1 aromatic rings. The molecule has 1 aromatic carbocycles. The molecule has 0 unspecified atom stereocenters. The Hall–Kier alpha value is -2.09. The van der Waals surface area contributed by atoms with Crippen LogP contribution in [0.3, 0.4) is 0 Å². The van der Waals surface area contributed by atoms with Crippen molar-refractivity contribution in [1.29, 1.82) is 0 Å². The summed E-state index contributed by atoms with van der Waals surface area (Å²) >= 11 is 0. The maximum absolute atomic E-state index is 12.6. The molecular weight excluding hydrogens is 325 g/mol. The Kier molecular flexibility index (Phi) is 6.19. The third-order valence-corrected chi connectivity index (χ3v) is 3.60. The molecule has 2 N–H and O–H groups in total. The summed E-state index contributed by atoms with van der Waals surface area (Å²) in [4.78, 5) is 23.4. The van der Waals surface area contributed by atoms with E-state index in [4.69, 9.17) is 4.74 Å². The van der Waals surface area contributed by atoms with Gasteiger partial charge >= 0.3 is 6.18 Å². The number of anilines is 1. The fourth-order valence-electron chi connectivity index (χ4n) is 2.35. The van der Waals surface area contributed by atoms with Gasteiger partial charge in [-0.05, 0) is 31.0 Å². The molecule has 24 heavy (non-hydrogen) atoms. The van der Waals surface area contributed by atoms with Gasteiger partial charge in [0.2, 0.25) is 11.8 Å². The number of benzene rings is 1. The summed E-state index contributed by atoms with van der Waals surface area (Å²) < 4.78 is 43.1. The number of ether oxygens (including phenoxy) is 1. The van der Waals surface area contributed by atoms with Crippen molar-refractivity contribution in [3.05, 3.63) is 29.8 Å². The maximum Gasteiger partial charge on any atom is 0.416 e. The van der Waals surface area contributed by atoms with Crippen molar-refractivity contribution >= 4 is 17.5 Å². The molecule has 1 aliphatic rings. The van der Waals surface area contributed by atoms with E-state index in [1.165, 1.54) is 12.1 Å². The minimum absolute atomic E-state index is 0.0212. The quantitative estimate of drug-likeness (QED) is 0.834. The van der Waals surface area contributed by atoms with Crippen molar-refractivity contribution in [1.82, 2.24) is 5.32 Å². The van der Waals surface area contributed by atoms with Crippen LogP contribution < -0.4 is 10.6 Å². The van der Waals surface area contributed by atoms with Gasteiger partial charge in [-0.1, -0.05) is 6.07 Å². The van der Waals surface area contributed by atoms with Gasteiger partial charge in [-0.2, -0.15) is 13.2 Å². The van der Waals surface area contributed by atoms with E-state index in [1.807, 2.05) is 0 Å². The van der Waals surface area contributed by atoms with Gasteiger partial charge < -0.3 is 15.4 Å². The summed E-state index contributed by atoms with van der Waals surface area (Å²) in [5.41, 5.74) is -0.788. The molecule has 0 saturated carbocycles. The van der Waals surface area contributed by atoms with E-state index in [2.05, 4.69) is 10.6 Å². The number of hydrogen-bond donors (Lipinski definition) is 2. The molecule has 1 aliphatic heterocycles. The minimum atomic E-state index is -4.47. The predicted octanol–water partition coefficient (Wildman–Crippen LogP) is 2.72. The van der Waals surface area contributed by atoms with Crippen LogP contribution in [0.2, 0.25) is 0 Å². The summed E-state index contributed by atoms with van der Waals surface area (Å²) in [5.74, 6) is -0.800. The smallest absolute Gasteiger partial charge is 0.376 e. The standard InChI is InChI=1S/C16H19F3N2O3/c17-16(18,19)11-3-1-4-12(9-11)21-15(23)7-6-14(22)20-10-13-5-2-8-24-13/h1,3-4,9,13H,2,5-8,10H2,(H,20,22)(H,21,23)/t13-/m0/s1. The molecule has 0 radical (unpaired) electrons. The highest BCUT2D eigenvalue weighted by Crippen LogP contribution is 2.30. The van der Waals surface area contributed by atoms with Gasteiger partial charge in [0.05, 0.1) is 11.7 Å². The van der Waals surface area contributed by atoms with E-state index in [-0.39, 0.29) is 30.5 Å². The van der Waals surface area contributed by atoms with E-state index < -0.39 is 17.6 Å². The lowest BCUT2D eigenvalue weighted by molar-refractivity contribution is -0.137. The summed E-state index contributed by atoms with van der Waals surface area (Å²) in [7, 11) is 0. The number of hydrogen-bond acceptors (Lipinski definition) is 3. The average molecular weight is 344 g/mol. The van der Waals surface area contributed by atoms with Crippen molar-refractivity contribution < 1.29 is 27.5 Å². The lowest BCUT2D eigenvalue weighted by atomic mass is 10.2. The molecule has 0 spiro atoms. The summed E-state index contributed by atoms with van der Waals surface area (Å²) in [6.07, 6.45) is -2.71. The van der Waals surface area contributed by atoms with Crippen LogP contribution in [0.5, 0.6) is 0 Å². The van der Waals surface area contributed by atoms with Crippen LogP contribution in [0.4, 0.5) is 18.9 Å². The average Bonchev–Trinajstić information content (AvgIpc) is 3.04. The summed E-state index contributed by atoms with van der Waals surface area (Å²) in [6, 6.07) is 4.36. The van der Waals surface area contributed by atoms with Crippen molar-refractivity contribution in [2.24, 2.45) is 0 Å². The number of halogens is 3. The highest BCUT2D eigenvalue weighted by atomic mass is 19.4. The molecule has 0 aromatic heterocycles. The summed E-state index contributed by atoms with van der Waals surface area (Å²) in [6.45, 7) is 1.11. The monoisotopic (exact) mass is 344 g/mol. The van der Waals surface area contributed by atoms with E-state index in [9.17, 15) is 22.8 Å². The highest BCUT2D eigenvalue weighted by Gasteiger charge is 2.30. The number of amides is 2. The molecule has 2 amide bonds. The number of nitrogens with one attached hydrogen (secondary N) is 2. The fraction of sp³-hybridized carbons (Fsp3) is 0.500. The molecule has 0 bridgehead atoms. The van der Waals surface area contributed by atoms with Crippen LogP contribution in [0.15, 0.2) is 24.3 Å². The van der Waals surface area contributed by atoms with Gasteiger partial charge in [-0.25, -0.2) is 0 Å². The number of rotatable bonds is 6.